The van der Waals surface area contributed by atoms with Crippen LogP contribution in [-0.2, 0) is 29.1 Å². The predicted octanol–water partition coefficient (Wildman–Crippen LogP) is 5.43. The molecule has 3 fully saturated rings. The zero-order valence-electron chi connectivity index (χ0n) is 32.0. The van der Waals surface area contributed by atoms with Gasteiger partial charge in [-0.3, -0.25) is 19.1 Å². The van der Waals surface area contributed by atoms with Crippen LogP contribution in [0.25, 0.3) is 21.8 Å². The summed E-state index contributed by atoms with van der Waals surface area (Å²) in [6, 6.07) is 14.9. The lowest BCUT2D eigenvalue weighted by Gasteiger charge is -2.36. The summed E-state index contributed by atoms with van der Waals surface area (Å²) in [5.74, 6) is -2.10. The van der Waals surface area contributed by atoms with Crippen LogP contribution >= 0.6 is 11.3 Å². The summed E-state index contributed by atoms with van der Waals surface area (Å²) >= 11 is 1.53. The molecule has 55 heavy (non-hydrogen) atoms. The largest absolute Gasteiger partial charge is 0.488 e. The van der Waals surface area contributed by atoms with E-state index in [4.69, 9.17) is 14.5 Å². The summed E-state index contributed by atoms with van der Waals surface area (Å²) in [5.41, 5.74) is -0.960. The van der Waals surface area contributed by atoms with E-state index in [1.165, 1.54) is 22.3 Å². The van der Waals surface area contributed by atoms with E-state index >= 15 is 0 Å². The number of amides is 4. The fourth-order valence-electron chi connectivity index (χ4n) is 6.71. The number of carbonyl (C=O) groups is 4. The summed E-state index contributed by atoms with van der Waals surface area (Å²) in [5, 5.41) is 6.85. The van der Waals surface area contributed by atoms with Crippen molar-refractivity contribution in [2.24, 2.45) is 11.3 Å². The molecule has 5 atom stereocenters. The predicted molar refractivity (Wildman–Crippen MR) is 209 cm³/mol. The topological polar surface area (TPSA) is 173 Å². The quantitative estimate of drug-likeness (QED) is 0.202. The number of aromatic nitrogens is 1. The van der Waals surface area contributed by atoms with E-state index in [-0.39, 0.29) is 19.4 Å². The van der Waals surface area contributed by atoms with Crippen LogP contribution in [0.1, 0.15) is 67.2 Å². The van der Waals surface area contributed by atoms with Gasteiger partial charge in [0, 0.05) is 30.0 Å². The van der Waals surface area contributed by atoms with E-state index in [2.05, 4.69) is 21.9 Å². The average Bonchev–Trinajstić information content (AvgIpc) is 3.98. The van der Waals surface area contributed by atoms with Gasteiger partial charge in [0.2, 0.25) is 21.8 Å². The summed E-state index contributed by atoms with van der Waals surface area (Å²) < 4.78 is 39.7. The molecule has 0 spiro atoms. The number of carbonyl (C=O) groups excluding carboxylic acids is 4. The highest BCUT2D eigenvalue weighted by Crippen LogP contribution is 2.45. The lowest BCUT2D eigenvalue weighted by Crippen LogP contribution is -2.60. The van der Waals surface area contributed by atoms with Crippen LogP contribution in [0.4, 0.5) is 4.79 Å². The first-order valence-electron chi connectivity index (χ1n) is 18.4. The molecular weight excluding hydrogens is 743 g/mol. The van der Waals surface area contributed by atoms with Crippen molar-refractivity contribution < 1.29 is 37.1 Å². The Labute approximate surface area is 326 Å². The van der Waals surface area contributed by atoms with Crippen LogP contribution in [0.15, 0.2) is 72.6 Å². The minimum absolute atomic E-state index is 0.0308. The van der Waals surface area contributed by atoms with Crippen LogP contribution in [0.3, 0.4) is 0 Å². The van der Waals surface area contributed by atoms with Gasteiger partial charge in [-0.2, -0.15) is 0 Å². The van der Waals surface area contributed by atoms with Crippen molar-refractivity contribution in [3.8, 4) is 27.6 Å². The summed E-state index contributed by atoms with van der Waals surface area (Å²) in [6.45, 7) is 14.3. The van der Waals surface area contributed by atoms with E-state index in [1.54, 1.807) is 41.5 Å². The Morgan fingerprint density at radius 2 is 1.71 bits per heavy atom. The lowest BCUT2D eigenvalue weighted by molar-refractivity contribution is -0.143. The van der Waals surface area contributed by atoms with Gasteiger partial charge in [0.05, 0.1) is 28.1 Å². The molecule has 0 radical (unpaired) electrons. The minimum atomic E-state index is -3.91. The monoisotopic (exact) mass is 791 g/mol. The number of nitrogens with one attached hydrogen (secondary N) is 3. The smallest absolute Gasteiger partial charge is 0.408 e. The second-order valence-corrected chi connectivity index (χ2v) is 19.4. The molecule has 3 aliphatic rings. The van der Waals surface area contributed by atoms with Gasteiger partial charge >= 0.3 is 6.09 Å². The van der Waals surface area contributed by atoms with Gasteiger partial charge in [-0.1, -0.05) is 63.2 Å². The molecule has 2 saturated carbocycles. The number of thiophene rings is 1. The number of hydrogen-bond acceptors (Lipinski definition) is 10. The minimum Gasteiger partial charge on any atom is -0.488 e. The zero-order chi connectivity index (χ0) is 39.9. The number of ether oxygens (including phenoxy) is 2. The lowest BCUT2D eigenvalue weighted by atomic mass is 9.85. The van der Waals surface area contributed by atoms with Crippen LogP contribution in [0.5, 0.6) is 5.75 Å². The molecule has 1 aromatic carbocycles. The van der Waals surface area contributed by atoms with E-state index in [1.807, 2.05) is 60.0 Å². The van der Waals surface area contributed by atoms with Crippen molar-refractivity contribution in [3.63, 3.8) is 0 Å². The van der Waals surface area contributed by atoms with Crippen molar-refractivity contribution in [2.45, 2.75) is 102 Å². The van der Waals surface area contributed by atoms with Crippen LogP contribution in [-0.4, -0.2) is 83.2 Å². The standard InChI is InChI=1S/C40H49N5O8S2/c1-8-25-22-40(25,36(48)44-55(50,51)28-16-17-28)43-34(46)31-21-27(23-45(31)35(47)33(38(2,3)4)42-37(49)53-39(5,6)7)52-26-19-29(24-13-10-9-11-14-24)41-30(20-26)32-15-12-18-54-32/h8-15,18-20,25,27-28,31,33H,1,16-17,21-23H2,2-7H3,(H,42,49)(H,43,46)(H,44,48)/t25-,27-,31+,33-,40-/m1/s1. The summed E-state index contributed by atoms with van der Waals surface area (Å²) in [6.07, 6.45) is 1.11. The van der Waals surface area contributed by atoms with Crippen LogP contribution < -0.4 is 20.1 Å². The Morgan fingerprint density at radius 3 is 2.29 bits per heavy atom. The average molecular weight is 792 g/mol. The normalized spacial score (nSPS) is 22.9. The molecule has 1 aliphatic heterocycles. The summed E-state index contributed by atoms with van der Waals surface area (Å²) in [4.78, 5) is 62.7. The molecule has 3 aromatic rings. The number of hydrogen-bond donors (Lipinski definition) is 3. The van der Waals surface area contributed by atoms with Gasteiger partial charge in [-0.15, -0.1) is 17.9 Å². The third-order valence-corrected chi connectivity index (χ3v) is 12.5. The third-order valence-electron chi connectivity index (χ3n) is 9.82. The first kappa shape index (κ1) is 39.9. The molecule has 294 valence electrons. The Kier molecular flexibility index (Phi) is 10.9. The van der Waals surface area contributed by atoms with Crippen LogP contribution in [0.2, 0.25) is 0 Å². The fraction of sp³-hybridized carbons (Fsp3) is 0.475. The number of nitrogens with zero attached hydrogens (tertiary/aromatic N) is 2. The van der Waals surface area contributed by atoms with Gasteiger partial charge < -0.3 is 25.0 Å². The second kappa shape index (κ2) is 15.1. The molecule has 0 unspecified atom stereocenters. The molecule has 13 nitrogen and oxygen atoms in total. The van der Waals surface area contributed by atoms with Gasteiger partial charge in [0.15, 0.2) is 0 Å². The van der Waals surface area contributed by atoms with Crippen molar-refractivity contribution >= 4 is 45.2 Å². The number of alkyl carbamates (subject to hydrolysis) is 1. The van der Waals surface area contributed by atoms with Gasteiger partial charge in [0.25, 0.3) is 5.91 Å². The van der Waals surface area contributed by atoms with E-state index < -0.39 is 79.7 Å². The van der Waals surface area contributed by atoms with Gasteiger partial charge in [-0.05, 0) is 56.9 Å². The number of likely N-dealkylation sites (tertiary alicyclic amines) is 1. The highest BCUT2D eigenvalue weighted by Gasteiger charge is 2.62. The zero-order valence-corrected chi connectivity index (χ0v) is 33.6. The Balaban J connectivity index is 1.31. The molecular formula is C40H49N5O8S2. The number of rotatable bonds is 12. The third kappa shape index (κ3) is 9.21. The SMILES string of the molecule is C=C[C@@H]1C[C@]1(NC(=O)[C@@H]1C[C@@H](Oc2cc(-c3ccccc3)nc(-c3cccs3)c2)CN1C(=O)[C@@H](NC(=O)OC(C)(C)C)C(C)(C)C)C(=O)NS(=O)(=O)C1CC1. The molecule has 6 rings (SSSR count). The van der Waals surface area contributed by atoms with Crippen molar-refractivity contribution in [1.29, 1.82) is 0 Å². The Morgan fingerprint density at radius 1 is 1.02 bits per heavy atom. The molecule has 3 N–H and O–H groups in total. The van der Waals surface area contributed by atoms with E-state index in [0.717, 1.165) is 10.4 Å². The van der Waals surface area contributed by atoms with Crippen molar-refractivity contribution in [1.82, 2.24) is 25.2 Å². The maximum Gasteiger partial charge on any atom is 0.408 e. The van der Waals surface area contributed by atoms with E-state index in [9.17, 15) is 27.6 Å². The molecule has 15 heteroatoms. The number of pyridine rings is 1. The van der Waals surface area contributed by atoms with Gasteiger partial charge in [-0.25, -0.2) is 18.2 Å². The first-order chi connectivity index (χ1) is 25.8. The number of benzene rings is 1. The van der Waals surface area contributed by atoms with Gasteiger partial charge in [0.1, 0.15) is 35.1 Å². The maximum atomic E-state index is 14.6. The Bertz CT molecular complexity index is 2060. The highest BCUT2D eigenvalue weighted by atomic mass is 32.2. The molecule has 1 saturated heterocycles. The number of sulfonamides is 1. The van der Waals surface area contributed by atoms with Crippen LogP contribution in [0, 0.1) is 11.3 Å². The summed E-state index contributed by atoms with van der Waals surface area (Å²) in [7, 11) is -3.91. The fourth-order valence-corrected chi connectivity index (χ4v) is 8.76. The van der Waals surface area contributed by atoms with E-state index in [0.29, 0.717) is 30.0 Å². The van der Waals surface area contributed by atoms with Crippen molar-refractivity contribution in [2.75, 3.05) is 6.54 Å². The maximum absolute atomic E-state index is 14.6. The highest BCUT2D eigenvalue weighted by molar-refractivity contribution is 7.91. The first-order valence-corrected chi connectivity index (χ1v) is 20.8. The molecule has 3 heterocycles. The molecule has 2 aromatic heterocycles. The molecule has 4 amide bonds. The second-order valence-electron chi connectivity index (χ2n) is 16.5. The molecule has 2 aliphatic carbocycles. The van der Waals surface area contributed by atoms with Crippen molar-refractivity contribution in [3.05, 3.63) is 72.6 Å². The molecule has 0 bridgehead atoms. The Hall–Kier alpha value is -4.76.